The predicted molar refractivity (Wildman–Crippen MR) is 149 cm³/mol. The number of rotatable bonds is 8. The second-order valence-corrected chi connectivity index (χ2v) is 14.3. The summed E-state index contributed by atoms with van der Waals surface area (Å²) >= 11 is 1.16. The van der Waals surface area contributed by atoms with Gasteiger partial charge in [-0.2, -0.15) is 0 Å². The third-order valence-corrected chi connectivity index (χ3v) is 12.6. The van der Waals surface area contributed by atoms with Crippen LogP contribution >= 0.6 is 11.9 Å². The topological polar surface area (TPSA) is 49.7 Å². The number of aliphatic hydroxyl groups is 2. The van der Waals surface area contributed by atoms with E-state index < -0.39 is 0 Å². The molecule has 8 unspecified atom stereocenters. The first-order valence-electron chi connectivity index (χ1n) is 15.0. The largest absolute Gasteiger partial charge is 0.393 e. The number of aliphatic hydroxyl groups excluding tert-OH is 2. The molecule has 35 heavy (non-hydrogen) atoms. The molecule has 4 fully saturated rings. The van der Waals surface area contributed by atoms with Crippen molar-refractivity contribution >= 4 is 19.0 Å². The molecule has 3 nitrogen and oxygen atoms in total. The van der Waals surface area contributed by atoms with Crippen LogP contribution in [0.25, 0.3) is 0 Å². The lowest BCUT2D eigenvalue weighted by Crippen LogP contribution is -2.66. The van der Waals surface area contributed by atoms with Crippen molar-refractivity contribution in [1.82, 2.24) is 0 Å². The van der Waals surface area contributed by atoms with E-state index in [1.165, 1.54) is 19.1 Å². The molecule has 4 aliphatic carbocycles. The number of allylic oxidation sites excluding steroid dienone is 2. The van der Waals surface area contributed by atoms with E-state index in [4.69, 9.17) is 5.52 Å². The van der Waals surface area contributed by atoms with E-state index in [0.717, 1.165) is 63.3 Å². The summed E-state index contributed by atoms with van der Waals surface area (Å²) in [6.45, 7) is 16.4. The van der Waals surface area contributed by atoms with Crippen molar-refractivity contribution in [2.75, 3.05) is 0 Å². The van der Waals surface area contributed by atoms with Crippen molar-refractivity contribution in [1.29, 1.82) is 1.34 Å². The van der Waals surface area contributed by atoms with E-state index in [1.807, 2.05) is 0 Å². The van der Waals surface area contributed by atoms with Gasteiger partial charge in [-0.05, 0) is 118 Å². The Bertz CT molecular complexity index is 807. The van der Waals surface area contributed by atoms with Crippen molar-refractivity contribution in [3.63, 3.8) is 0 Å². The minimum absolute atomic E-state index is 0.0334. The summed E-state index contributed by atoms with van der Waals surface area (Å²) in [6.07, 6.45) is 11.4. The molecule has 4 aliphatic rings. The van der Waals surface area contributed by atoms with Gasteiger partial charge in [0.05, 0.1) is 18.3 Å². The quantitative estimate of drug-likeness (QED) is 0.215. The Morgan fingerprint density at radius 1 is 1.14 bits per heavy atom. The zero-order valence-corrected chi connectivity index (χ0v) is 24.2. The second kappa shape index (κ2) is 10.3. The van der Waals surface area contributed by atoms with Gasteiger partial charge in [0, 0.05) is 0 Å². The summed E-state index contributed by atoms with van der Waals surface area (Å²) in [5.74, 6) is 2.43. The van der Waals surface area contributed by atoms with Crippen molar-refractivity contribution in [2.45, 2.75) is 125 Å². The van der Waals surface area contributed by atoms with Crippen molar-refractivity contribution < 1.29 is 14.4 Å². The van der Waals surface area contributed by atoms with Crippen LogP contribution in [-0.4, -0.2) is 36.9 Å². The molecular weight excluding hydrogens is 451 g/mol. The van der Waals surface area contributed by atoms with Gasteiger partial charge in [-0.3, -0.25) is 0 Å². The van der Waals surface area contributed by atoms with Crippen LogP contribution in [-0.2, 0) is 4.18 Å². The van der Waals surface area contributed by atoms with Gasteiger partial charge in [-0.15, -0.1) is 0 Å². The molecule has 0 spiro atoms. The molecule has 0 aromatic rings. The molecule has 5 heteroatoms. The summed E-state index contributed by atoms with van der Waals surface area (Å²) in [5.41, 5.74) is 1.56. The highest BCUT2D eigenvalue weighted by Gasteiger charge is 2.71. The fraction of sp³-hybridized carbons (Fsp3) is 0.933. The zero-order valence-electron chi connectivity index (χ0n) is 24.4. The van der Waals surface area contributed by atoms with Crippen LogP contribution in [0.1, 0.15) is 106 Å². The Morgan fingerprint density at radius 2 is 1.89 bits per heavy atom. The average Bonchev–Trinajstić information content (AvgIpc) is 3.06. The Morgan fingerprint density at radius 3 is 2.54 bits per heavy atom. The molecule has 0 amide bonds. The highest BCUT2D eigenvalue weighted by atomic mass is 32.2. The Hall–Kier alpha value is 0.0349. The molecule has 12 atom stereocenters. The predicted octanol–water partition coefficient (Wildman–Crippen LogP) is 6.84. The maximum Gasteiger partial charge on any atom is 0.209 e. The van der Waals surface area contributed by atoms with Crippen LogP contribution in [0.5, 0.6) is 0 Å². The molecule has 4 rings (SSSR count). The van der Waals surface area contributed by atoms with Crippen LogP contribution in [0.2, 0.25) is 0 Å². The van der Waals surface area contributed by atoms with Gasteiger partial charge < -0.3 is 14.4 Å². The van der Waals surface area contributed by atoms with Gasteiger partial charge in [0.1, 0.15) is 0 Å². The van der Waals surface area contributed by atoms with Crippen LogP contribution < -0.4 is 0 Å². The minimum atomic E-state index is -0.301. The van der Waals surface area contributed by atoms with Gasteiger partial charge in [0.25, 0.3) is 0 Å². The molecule has 0 heterocycles. The first-order chi connectivity index (χ1) is 16.9. The molecular formula is C30H52BO3S. The minimum Gasteiger partial charge on any atom is -0.393 e. The highest BCUT2D eigenvalue weighted by molar-refractivity contribution is 8.15. The second-order valence-electron chi connectivity index (χ2n) is 13.9. The fourth-order valence-electron chi connectivity index (χ4n) is 10.6. The normalized spacial score (nSPS) is 50.4. The lowest BCUT2D eigenvalue weighted by molar-refractivity contribution is -0.238. The van der Waals surface area contributed by atoms with E-state index in [2.05, 4.69) is 54.5 Å². The Kier molecular flexibility index (Phi) is 7.84. The van der Waals surface area contributed by atoms with Gasteiger partial charge >= 0.3 is 0 Å². The molecule has 0 aliphatic heterocycles. The maximum absolute atomic E-state index is 12.0. The van der Waals surface area contributed by atoms with E-state index in [9.17, 15) is 10.2 Å². The van der Waals surface area contributed by atoms with Crippen LogP contribution in [0.15, 0.2) is 11.6 Å². The molecule has 0 bridgehead atoms. The summed E-state index contributed by atoms with van der Waals surface area (Å²) in [7, 11) is 1.29. The average molecular weight is 506 g/mol. The lowest BCUT2D eigenvalue weighted by Gasteiger charge is -2.69. The van der Waals surface area contributed by atoms with Gasteiger partial charge in [-0.1, -0.05) is 64.6 Å². The van der Waals surface area contributed by atoms with Crippen molar-refractivity contribution in [3.8, 4) is 0 Å². The third kappa shape index (κ3) is 4.41. The van der Waals surface area contributed by atoms with Gasteiger partial charge in [-0.25, -0.2) is 0 Å². The van der Waals surface area contributed by atoms with Crippen LogP contribution in [0.3, 0.4) is 0 Å². The monoisotopic (exact) mass is 505 g/mol. The Balaban J connectivity index is 1.62. The zero-order chi connectivity index (χ0) is 26.5. The van der Waals surface area contributed by atoms with E-state index in [-0.39, 0.29) is 40.5 Å². The van der Waals surface area contributed by atoms with E-state index in [0.29, 0.717) is 29.6 Å². The molecule has 4 saturated carbocycles. The number of fused-ring (bicyclic) bond motifs is 5. The fourth-order valence-corrected chi connectivity index (χ4v) is 11.0. The summed E-state index contributed by atoms with van der Waals surface area (Å²) in [5, 5.41) is 23.6. The van der Waals surface area contributed by atoms with E-state index >= 15 is 0 Å². The van der Waals surface area contributed by atoms with E-state index in [1.54, 1.807) is 0 Å². The molecule has 199 valence electrons. The smallest absolute Gasteiger partial charge is 0.209 e. The molecule has 0 saturated heterocycles. The standard InChI is InChI=1S/C30H52BO3S/c1-8-20(11-9-10-18(2)3)26-22-16-23(32)27-28(5)14-13-25(34-35-31)19(4)21(28)12-15-29(27,6)30(22,7)17-24(26)33/h10,19-27,31-33H,8-9,11-17H2,1-7H3/t19?,20?,21?,22?,23?,24-,25+,26?,27?,28-,29?,30-/m0/s1/i31T. The molecule has 0 aromatic carbocycles. The number of hydrogen-bond donors (Lipinski definition) is 2. The first-order valence-corrected chi connectivity index (χ1v) is 15.3. The first kappa shape index (κ1) is 26.6. The summed E-state index contributed by atoms with van der Waals surface area (Å²) in [4.78, 5) is 0. The molecule has 2 N–H and O–H groups in total. The van der Waals surface area contributed by atoms with Gasteiger partial charge in [0.15, 0.2) is 0 Å². The molecule has 0 aromatic heterocycles. The summed E-state index contributed by atoms with van der Waals surface area (Å²) < 4.78 is 13.4. The summed E-state index contributed by atoms with van der Waals surface area (Å²) in [6, 6.07) is 0. The Labute approximate surface area is 222 Å². The number of hydrogen-bond acceptors (Lipinski definition) is 4. The SMILES string of the molecule is [3H][B]SO[C@@H]1CC[C@@]2(C)C(CCC3(C)C2C(O)CC2C(C(CC)CCC=C(C)C)[C@@H](O)C[C@@]23C)C1C. The van der Waals surface area contributed by atoms with Crippen molar-refractivity contribution in [2.24, 2.45) is 51.8 Å². The maximum atomic E-state index is 12.0. The van der Waals surface area contributed by atoms with Crippen molar-refractivity contribution in [3.05, 3.63) is 11.6 Å². The highest BCUT2D eigenvalue weighted by Crippen LogP contribution is 2.74. The van der Waals surface area contributed by atoms with Crippen LogP contribution in [0.4, 0.5) is 0 Å². The molecule has 1 radical (unpaired) electrons. The third-order valence-electron chi connectivity index (χ3n) is 12.3. The van der Waals surface area contributed by atoms with Crippen LogP contribution in [0, 0.1) is 51.8 Å². The lowest BCUT2D eigenvalue weighted by atomic mass is 9.36. The van der Waals surface area contributed by atoms with Gasteiger partial charge in [0.2, 0.25) is 7.09 Å².